The predicted octanol–water partition coefficient (Wildman–Crippen LogP) is 12.3. The predicted molar refractivity (Wildman–Crippen MR) is 230 cm³/mol. The monoisotopic (exact) mass is 704 g/mol. The summed E-state index contributed by atoms with van der Waals surface area (Å²) in [5.74, 6) is 0. The largest absolute Gasteiger partial charge is 0.454 e. The van der Waals surface area contributed by atoms with E-state index in [0.29, 0.717) is 0 Å². The van der Waals surface area contributed by atoms with E-state index in [4.69, 9.17) is 4.42 Å². The molecule has 4 aliphatic rings. The van der Waals surface area contributed by atoms with Crippen LogP contribution in [0.4, 0.5) is 22.7 Å². The van der Waals surface area contributed by atoms with Crippen molar-refractivity contribution in [2.45, 2.75) is 103 Å². The van der Waals surface area contributed by atoms with Gasteiger partial charge in [0.15, 0.2) is 5.58 Å². The van der Waals surface area contributed by atoms with Gasteiger partial charge in [0.1, 0.15) is 5.58 Å². The lowest BCUT2D eigenvalue weighted by atomic mass is 9.43. The van der Waals surface area contributed by atoms with Gasteiger partial charge in [-0.15, -0.1) is 0 Å². The summed E-state index contributed by atoms with van der Waals surface area (Å²) in [6, 6.07) is 39.7. The fraction of sp³-hybridized carbons (Fsp3) is 0.320. The third-order valence-corrected chi connectivity index (χ3v) is 14.3. The van der Waals surface area contributed by atoms with E-state index < -0.39 is 0 Å². The Labute approximate surface area is 320 Å². The second kappa shape index (κ2) is 10.4. The van der Waals surface area contributed by atoms with Crippen LogP contribution in [0.15, 0.2) is 108 Å². The average molecular weight is 705 g/mol. The average Bonchev–Trinajstić information content (AvgIpc) is 3.62. The summed E-state index contributed by atoms with van der Waals surface area (Å²) >= 11 is 0. The summed E-state index contributed by atoms with van der Waals surface area (Å²) in [7, 11) is 0. The molecule has 3 aliphatic heterocycles. The number of benzene rings is 6. The zero-order valence-electron chi connectivity index (χ0n) is 33.0. The Morgan fingerprint density at radius 2 is 1.33 bits per heavy atom. The smallest absolute Gasteiger partial charge is 0.333 e. The molecule has 1 aromatic heterocycles. The first-order valence-corrected chi connectivity index (χ1v) is 20.2. The lowest BCUT2D eigenvalue weighted by Crippen LogP contribution is -2.64. The molecule has 54 heavy (non-hydrogen) atoms. The molecular formula is C50H49BN2O. The molecule has 0 bridgehead atoms. The number of hydrogen-bond donors (Lipinski definition) is 0. The molecule has 0 saturated heterocycles. The molecule has 1 saturated carbocycles. The van der Waals surface area contributed by atoms with Crippen molar-refractivity contribution in [3.63, 3.8) is 0 Å². The molecular weight excluding hydrogens is 655 g/mol. The van der Waals surface area contributed by atoms with Gasteiger partial charge in [-0.1, -0.05) is 128 Å². The van der Waals surface area contributed by atoms with E-state index in [1.807, 2.05) is 0 Å². The summed E-state index contributed by atoms with van der Waals surface area (Å²) < 4.78 is 7.12. The lowest BCUT2D eigenvalue weighted by molar-refractivity contribution is 0.195. The van der Waals surface area contributed by atoms with Crippen LogP contribution in [0.2, 0.25) is 0 Å². The van der Waals surface area contributed by atoms with Gasteiger partial charge in [0, 0.05) is 38.8 Å². The maximum absolute atomic E-state index is 7.12. The van der Waals surface area contributed by atoms with Crippen LogP contribution < -0.4 is 20.6 Å². The van der Waals surface area contributed by atoms with Crippen LogP contribution >= 0.6 is 0 Å². The first-order chi connectivity index (χ1) is 25.8. The van der Waals surface area contributed by atoms with Crippen LogP contribution in [0, 0.1) is 0 Å². The second-order valence-electron chi connectivity index (χ2n) is 19.3. The molecule has 2 unspecified atom stereocenters. The molecule has 0 amide bonds. The van der Waals surface area contributed by atoms with Crippen LogP contribution in [-0.2, 0) is 16.2 Å². The normalized spacial score (nSPS) is 21.4. The van der Waals surface area contributed by atoms with Crippen molar-refractivity contribution in [2.24, 2.45) is 0 Å². The molecule has 7 aromatic rings. The van der Waals surface area contributed by atoms with Gasteiger partial charge in [-0.25, -0.2) is 0 Å². The van der Waals surface area contributed by atoms with Crippen molar-refractivity contribution in [3.05, 3.63) is 120 Å². The van der Waals surface area contributed by atoms with Crippen molar-refractivity contribution >= 4 is 73.2 Å². The Bertz CT molecular complexity index is 2740. The number of nitrogens with zero attached hydrogens (tertiary/aromatic N) is 2. The highest BCUT2D eigenvalue weighted by Crippen LogP contribution is 2.63. The SMILES string of the molecule is CC(C)(C)c1ccc(N2B3c4cc(C(C)(C)C)cc5c4N(c4c3c(cc3c4oc4ccccc43)-c3cc4ccccc4cc32)C2(C)CCCCC52C)cc1. The van der Waals surface area contributed by atoms with Gasteiger partial charge in [-0.2, -0.15) is 0 Å². The Balaban J connectivity index is 1.34. The molecule has 0 N–H and O–H groups in total. The van der Waals surface area contributed by atoms with Crippen LogP contribution in [0.1, 0.15) is 97.8 Å². The van der Waals surface area contributed by atoms with E-state index in [2.05, 4.69) is 168 Å². The quantitative estimate of drug-likeness (QED) is 0.159. The van der Waals surface area contributed by atoms with Gasteiger partial charge < -0.3 is 14.1 Å². The second-order valence-corrected chi connectivity index (χ2v) is 19.3. The fourth-order valence-corrected chi connectivity index (χ4v) is 11.0. The van der Waals surface area contributed by atoms with E-state index in [1.54, 1.807) is 0 Å². The minimum absolute atomic E-state index is 0.00581. The lowest BCUT2D eigenvalue weighted by Gasteiger charge is -2.53. The van der Waals surface area contributed by atoms with Gasteiger partial charge in [-0.3, -0.25) is 0 Å². The molecule has 4 heteroatoms. The van der Waals surface area contributed by atoms with Gasteiger partial charge in [-0.05, 0) is 111 Å². The van der Waals surface area contributed by atoms with Crippen molar-refractivity contribution < 1.29 is 4.42 Å². The first kappa shape index (κ1) is 32.5. The summed E-state index contributed by atoms with van der Waals surface area (Å²) in [4.78, 5) is 5.52. The van der Waals surface area contributed by atoms with Gasteiger partial charge in [0.05, 0.1) is 11.2 Å². The highest BCUT2D eigenvalue weighted by molar-refractivity contribution is 6.94. The van der Waals surface area contributed by atoms with Crippen LogP contribution in [0.5, 0.6) is 0 Å². The Morgan fingerprint density at radius 3 is 2.07 bits per heavy atom. The number of anilines is 4. The number of hydrogen-bond acceptors (Lipinski definition) is 3. The van der Waals surface area contributed by atoms with E-state index >= 15 is 0 Å². The van der Waals surface area contributed by atoms with E-state index in [1.165, 1.54) is 102 Å². The van der Waals surface area contributed by atoms with E-state index in [-0.39, 0.29) is 28.6 Å². The van der Waals surface area contributed by atoms with E-state index in [9.17, 15) is 0 Å². The fourth-order valence-electron chi connectivity index (χ4n) is 11.0. The van der Waals surface area contributed by atoms with Crippen LogP contribution in [-0.4, -0.2) is 12.4 Å². The summed E-state index contributed by atoms with van der Waals surface area (Å²) in [6.07, 6.45) is 4.83. The minimum Gasteiger partial charge on any atom is -0.454 e. The third-order valence-electron chi connectivity index (χ3n) is 14.3. The molecule has 1 aliphatic carbocycles. The highest BCUT2D eigenvalue weighted by atomic mass is 16.3. The van der Waals surface area contributed by atoms with Gasteiger partial charge >= 0.3 is 6.85 Å². The molecule has 11 rings (SSSR count). The molecule has 3 nitrogen and oxygen atoms in total. The van der Waals surface area contributed by atoms with Crippen molar-refractivity contribution in [1.29, 1.82) is 0 Å². The summed E-state index contributed by atoms with van der Waals surface area (Å²) in [5, 5.41) is 4.94. The van der Waals surface area contributed by atoms with Gasteiger partial charge in [0.2, 0.25) is 0 Å². The first-order valence-electron chi connectivity index (χ1n) is 20.2. The van der Waals surface area contributed by atoms with E-state index in [0.717, 1.165) is 17.6 Å². The maximum atomic E-state index is 7.12. The number of fused-ring (bicyclic) bond motifs is 12. The summed E-state index contributed by atoms with van der Waals surface area (Å²) in [6.45, 7) is 19.2. The minimum atomic E-state index is -0.103. The number of furan rings is 1. The molecule has 2 atom stereocenters. The third kappa shape index (κ3) is 4.04. The van der Waals surface area contributed by atoms with Crippen molar-refractivity contribution in [1.82, 2.24) is 0 Å². The maximum Gasteiger partial charge on any atom is 0.333 e. The van der Waals surface area contributed by atoms with Crippen molar-refractivity contribution in [3.8, 4) is 11.1 Å². The Hall–Kier alpha value is -4.96. The molecule has 0 radical (unpaired) electrons. The highest BCUT2D eigenvalue weighted by Gasteiger charge is 2.62. The zero-order chi connectivity index (χ0) is 37.1. The van der Waals surface area contributed by atoms with Crippen LogP contribution in [0.3, 0.4) is 0 Å². The molecule has 0 spiro atoms. The van der Waals surface area contributed by atoms with Gasteiger partial charge in [0.25, 0.3) is 0 Å². The number of rotatable bonds is 1. The Morgan fingerprint density at radius 1 is 0.648 bits per heavy atom. The molecule has 4 heterocycles. The molecule has 6 aromatic carbocycles. The van der Waals surface area contributed by atoms with Crippen molar-refractivity contribution in [2.75, 3.05) is 9.71 Å². The number of para-hydroxylation sites is 1. The topological polar surface area (TPSA) is 19.6 Å². The molecule has 268 valence electrons. The standard InChI is InChI=1S/C50H49BN2O/c1-47(2,3)32-19-21-34(22-20-32)53-41-26-31-16-10-9-15-30(31)25-36(41)37-29-38-35-17-11-12-18-42(35)54-46(38)45-43(37)51(53)40-28-33(48(4,5)6)27-39-44(40)52(45)50(8)24-14-13-23-49(39,50)7/h9-12,15-22,25-29H,13-14,23-24H2,1-8H3. The van der Waals surface area contributed by atoms with Crippen LogP contribution in [0.25, 0.3) is 43.8 Å². The zero-order valence-corrected chi connectivity index (χ0v) is 33.0. The summed E-state index contributed by atoms with van der Waals surface area (Å²) in [5.41, 5.74) is 16.9. The Kier molecular flexibility index (Phi) is 6.26. The molecule has 1 fully saturated rings.